The van der Waals surface area contributed by atoms with Crippen molar-refractivity contribution >= 4 is 17.5 Å². The largest absolute Gasteiger partial charge is 0.335 e. The molecule has 1 aromatic heterocycles. The van der Waals surface area contributed by atoms with Gasteiger partial charge in [-0.15, -0.1) is 0 Å². The summed E-state index contributed by atoms with van der Waals surface area (Å²) in [4.78, 5) is 36.7. The van der Waals surface area contributed by atoms with E-state index >= 15 is 0 Å². The van der Waals surface area contributed by atoms with Gasteiger partial charge < -0.3 is 14.7 Å². The van der Waals surface area contributed by atoms with Crippen molar-refractivity contribution in [2.24, 2.45) is 5.92 Å². The number of carbonyl (C=O) groups is 2. The Morgan fingerprint density at radius 1 is 1.03 bits per heavy atom. The van der Waals surface area contributed by atoms with Crippen LogP contribution in [0.3, 0.4) is 0 Å². The monoisotopic (exact) mass is 440 g/mol. The second-order valence-corrected chi connectivity index (χ2v) is 9.11. The second kappa shape index (κ2) is 10.7. The summed E-state index contributed by atoms with van der Waals surface area (Å²) in [5.41, 5.74) is 1.90. The molecule has 0 atom stereocenters. The highest BCUT2D eigenvalue weighted by molar-refractivity contribution is 5.94. The van der Waals surface area contributed by atoms with Gasteiger partial charge >= 0.3 is 0 Å². The van der Waals surface area contributed by atoms with Crippen LogP contribution in [-0.2, 0) is 22.7 Å². The molecule has 3 rings (SSSR count). The van der Waals surface area contributed by atoms with Gasteiger partial charge in [0.2, 0.25) is 11.8 Å². The SMILES string of the molecule is Cc1nc(C)n(CC(=O)N2CCN(C)CCCN(C(=O)CC(C)C)c3ccccc3C2)n1. The number of nitrogens with zero attached hydrogens (tertiary/aromatic N) is 6. The predicted molar refractivity (Wildman–Crippen MR) is 125 cm³/mol. The Morgan fingerprint density at radius 3 is 2.47 bits per heavy atom. The first-order valence-corrected chi connectivity index (χ1v) is 11.5. The van der Waals surface area contributed by atoms with Gasteiger partial charge in [-0.25, -0.2) is 9.67 Å². The topological polar surface area (TPSA) is 74.6 Å². The van der Waals surface area contributed by atoms with E-state index in [-0.39, 0.29) is 18.4 Å². The van der Waals surface area contributed by atoms with Gasteiger partial charge in [0.15, 0.2) is 0 Å². The van der Waals surface area contributed by atoms with Crippen molar-refractivity contribution in [1.82, 2.24) is 24.6 Å². The predicted octanol–water partition coefficient (Wildman–Crippen LogP) is 2.64. The lowest BCUT2D eigenvalue weighted by molar-refractivity contribution is -0.132. The molecule has 0 saturated carbocycles. The molecule has 1 aromatic carbocycles. The molecule has 174 valence electrons. The number of amides is 2. The lowest BCUT2D eigenvalue weighted by Gasteiger charge is -2.28. The number of para-hydroxylation sites is 1. The van der Waals surface area contributed by atoms with E-state index in [4.69, 9.17) is 0 Å². The highest BCUT2D eigenvalue weighted by Crippen LogP contribution is 2.25. The smallest absolute Gasteiger partial charge is 0.244 e. The quantitative estimate of drug-likeness (QED) is 0.731. The summed E-state index contributed by atoms with van der Waals surface area (Å²) >= 11 is 0. The molecule has 32 heavy (non-hydrogen) atoms. The van der Waals surface area contributed by atoms with Crippen LogP contribution in [0.4, 0.5) is 5.69 Å². The molecule has 0 unspecified atom stereocenters. The Kier molecular flexibility index (Phi) is 8.01. The first-order chi connectivity index (χ1) is 15.2. The Hall–Kier alpha value is -2.74. The van der Waals surface area contributed by atoms with E-state index in [0.29, 0.717) is 37.8 Å². The van der Waals surface area contributed by atoms with E-state index in [1.807, 2.05) is 47.9 Å². The number of hydrogen-bond donors (Lipinski definition) is 0. The van der Waals surface area contributed by atoms with Crippen LogP contribution in [0.2, 0.25) is 0 Å². The molecule has 0 fully saturated rings. The third-order valence-corrected chi connectivity index (χ3v) is 5.80. The van der Waals surface area contributed by atoms with E-state index in [2.05, 4.69) is 35.9 Å². The van der Waals surface area contributed by atoms with Crippen molar-refractivity contribution in [1.29, 1.82) is 0 Å². The van der Waals surface area contributed by atoms with Crippen LogP contribution in [0.25, 0.3) is 0 Å². The van der Waals surface area contributed by atoms with Gasteiger partial charge in [0.25, 0.3) is 0 Å². The molecule has 2 amide bonds. The van der Waals surface area contributed by atoms with Crippen LogP contribution in [-0.4, -0.2) is 69.6 Å². The lowest BCUT2D eigenvalue weighted by Crippen LogP contribution is -2.39. The van der Waals surface area contributed by atoms with Crippen molar-refractivity contribution in [3.8, 4) is 0 Å². The molecule has 2 heterocycles. The fourth-order valence-electron chi connectivity index (χ4n) is 4.09. The number of likely N-dealkylation sites (N-methyl/N-ethyl adjacent to an activating group) is 1. The summed E-state index contributed by atoms with van der Waals surface area (Å²) in [5, 5.41) is 4.35. The molecule has 0 N–H and O–H groups in total. The molecular formula is C24H36N6O2. The Morgan fingerprint density at radius 2 is 1.78 bits per heavy atom. The normalized spacial score (nSPS) is 16.1. The van der Waals surface area contributed by atoms with Crippen LogP contribution in [0.1, 0.15) is 43.9 Å². The lowest BCUT2D eigenvalue weighted by atomic mass is 10.1. The minimum absolute atomic E-state index is 0.000469. The van der Waals surface area contributed by atoms with Crippen LogP contribution in [0.5, 0.6) is 0 Å². The molecule has 1 aliphatic heterocycles. The van der Waals surface area contributed by atoms with Gasteiger partial charge in [0.05, 0.1) is 0 Å². The number of carbonyl (C=O) groups excluding carboxylic acids is 2. The van der Waals surface area contributed by atoms with Crippen LogP contribution < -0.4 is 4.90 Å². The number of aromatic nitrogens is 3. The van der Waals surface area contributed by atoms with E-state index in [9.17, 15) is 9.59 Å². The summed E-state index contributed by atoms with van der Waals surface area (Å²) in [6.45, 7) is 11.4. The Bertz CT molecular complexity index is 938. The van der Waals surface area contributed by atoms with Crippen LogP contribution in [0.15, 0.2) is 24.3 Å². The molecule has 0 saturated heterocycles. The highest BCUT2D eigenvalue weighted by atomic mass is 16.2. The average Bonchev–Trinajstić information content (AvgIpc) is 3.02. The summed E-state index contributed by atoms with van der Waals surface area (Å²) in [5.74, 6) is 1.83. The number of rotatable bonds is 4. The maximum absolute atomic E-state index is 13.3. The Labute approximate surface area is 191 Å². The molecule has 0 spiro atoms. The second-order valence-electron chi connectivity index (χ2n) is 9.11. The van der Waals surface area contributed by atoms with Crippen molar-refractivity contribution in [3.63, 3.8) is 0 Å². The van der Waals surface area contributed by atoms with Crippen molar-refractivity contribution in [3.05, 3.63) is 41.5 Å². The number of benzene rings is 1. The summed E-state index contributed by atoms with van der Waals surface area (Å²) in [6, 6.07) is 7.97. The molecule has 1 aliphatic rings. The third-order valence-electron chi connectivity index (χ3n) is 5.80. The summed E-state index contributed by atoms with van der Waals surface area (Å²) in [7, 11) is 2.07. The van der Waals surface area contributed by atoms with E-state index in [0.717, 1.165) is 36.6 Å². The fourth-order valence-corrected chi connectivity index (χ4v) is 4.09. The zero-order chi connectivity index (χ0) is 23.3. The molecule has 2 aromatic rings. The summed E-state index contributed by atoms with van der Waals surface area (Å²) < 4.78 is 1.66. The van der Waals surface area contributed by atoms with Crippen LogP contribution in [0, 0.1) is 19.8 Å². The van der Waals surface area contributed by atoms with Gasteiger partial charge in [0.1, 0.15) is 18.2 Å². The fraction of sp³-hybridized carbons (Fsp3) is 0.583. The number of anilines is 1. The molecule has 0 aliphatic carbocycles. The number of aryl methyl sites for hydroxylation is 2. The van der Waals surface area contributed by atoms with Gasteiger partial charge in [-0.2, -0.15) is 5.10 Å². The van der Waals surface area contributed by atoms with Crippen molar-refractivity contribution in [2.45, 2.75) is 53.6 Å². The maximum Gasteiger partial charge on any atom is 0.244 e. The first-order valence-electron chi connectivity index (χ1n) is 11.5. The molecule has 0 radical (unpaired) electrons. The molecule has 8 heteroatoms. The highest BCUT2D eigenvalue weighted by Gasteiger charge is 2.24. The minimum atomic E-state index is 0.000469. The van der Waals surface area contributed by atoms with Gasteiger partial charge in [-0.3, -0.25) is 9.59 Å². The molecular weight excluding hydrogens is 404 g/mol. The number of fused-ring (bicyclic) bond motifs is 1. The average molecular weight is 441 g/mol. The van der Waals surface area contributed by atoms with Gasteiger partial charge in [0, 0.05) is 38.3 Å². The Balaban J connectivity index is 1.90. The van der Waals surface area contributed by atoms with Crippen molar-refractivity contribution in [2.75, 3.05) is 38.1 Å². The number of hydrogen-bond acceptors (Lipinski definition) is 5. The molecule has 8 nitrogen and oxygen atoms in total. The van der Waals surface area contributed by atoms with E-state index in [1.165, 1.54) is 0 Å². The zero-order valence-corrected chi connectivity index (χ0v) is 20.0. The van der Waals surface area contributed by atoms with E-state index < -0.39 is 0 Å². The molecule has 0 bridgehead atoms. The standard InChI is InChI=1S/C24H36N6O2/c1-18(2)15-23(31)29-12-8-11-27(5)13-14-28(16-21-9-6-7-10-22(21)29)24(32)17-30-20(4)25-19(3)26-30/h6-7,9-10,18H,8,11-17H2,1-5H3. The maximum atomic E-state index is 13.3. The third kappa shape index (κ3) is 6.16. The van der Waals surface area contributed by atoms with E-state index in [1.54, 1.807) is 4.68 Å². The van der Waals surface area contributed by atoms with Gasteiger partial charge in [-0.1, -0.05) is 32.0 Å². The van der Waals surface area contributed by atoms with Gasteiger partial charge in [-0.05, 0) is 51.4 Å². The minimum Gasteiger partial charge on any atom is -0.335 e. The first kappa shape index (κ1) is 23.9. The van der Waals surface area contributed by atoms with Crippen LogP contribution >= 0.6 is 0 Å². The van der Waals surface area contributed by atoms with Crippen molar-refractivity contribution < 1.29 is 9.59 Å². The zero-order valence-electron chi connectivity index (χ0n) is 20.0. The summed E-state index contributed by atoms with van der Waals surface area (Å²) in [6.07, 6.45) is 1.40.